The van der Waals surface area contributed by atoms with E-state index in [0.29, 0.717) is 6.54 Å². The third kappa shape index (κ3) is 2.47. The Morgan fingerprint density at radius 2 is 2.00 bits per heavy atom. The van der Waals surface area contributed by atoms with E-state index in [2.05, 4.69) is 12.6 Å². The second-order valence-electron chi connectivity index (χ2n) is 2.71. The van der Waals surface area contributed by atoms with Crippen molar-refractivity contribution in [2.75, 3.05) is 0 Å². The number of thiol groups is 1. The van der Waals surface area contributed by atoms with E-state index in [4.69, 9.17) is 11.5 Å². The van der Waals surface area contributed by atoms with Gasteiger partial charge in [0.1, 0.15) is 5.25 Å². The Hall–Kier alpha value is -1.00. The summed E-state index contributed by atoms with van der Waals surface area (Å²) in [5.74, 6) is -0.691. The smallest absolute Gasteiger partial charge is 0.255 e. The van der Waals surface area contributed by atoms with E-state index in [9.17, 15) is 4.79 Å². The van der Waals surface area contributed by atoms with Gasteiger partial charge in [0.25, 0.3) is 5.91 Å². The van der Waals surface area contributed by atoms with Gasteiger partial charge in [0.05, 0.1) is 0 Å². The number of nitrogens with one attached hydrogen (secondary N) is 1. The third-order valence-electron chi connectivity index (χ3n) is 1.78. The summed E-state index contributed by atoms with van der Waals surface area (Å²) >= 11 is 4.01. The fourth-order valence-corrected chi connectivity index (χ4v) is 1.16. The lowest BCUT2D eigenvalue weighted by Crippen LogP contribution is -2.07. The molecule has 69 valence electrons. The largest absolute Gasteiger partial charge is 0.326 e. The lowest BCUT2D eigenvalue weighted by molar-refractivity contribution is -0.118. The molecule has 0 spiro atoms. The molecule has 1 amide bonds. The van der Waals surface area contributed by atoms with Gasteiger partial charge in [0, 0.05) is 6.54 Å². The molecule has 3 N–H and O–H groups in total. The van der Waals surface area contributed by atoms with Gasteiger partial charge >= 0.3 is 0 Å². The van der Waals surface area contributed by atoms with Gasteiger partial charge in [-0.1, -0.05) is 24.3 Å². The average molecular weight is 195 g/mol. The second-order valence-corrected chi connectivity index (χ2v) is 3.23. The molecule has 1 aromatic rings. The summed E-state index contributed by atoms with van der Waals surface area (Å²) in [5.41, 5.74) is 14.0. The van der Waals surface area contributed by atoms with Crippen LogP contribution in [0.2, 0.25) is 0 Å². The zero-order valence-corrected chi connectivity index (χ0v) is 7.92. The Balaban J connectivity index is 2.85. The number of amides is 1. The second kappa shape index (κ2) is 4.30. The van der Waals surface area contributed by atoms with Crippen LogP contribution in [0.4, 0.5) is 0 Å². The molecule has 0 saturated carbocycles. The monoisotopic (exact) mass is 195 g/mol. The number of hydrogen-bond acceptors (Lipinski definition) is 3. The Kier molecular flexibility index (Phi) is 3.33. The van der Waals surface area contributed by atoms with Crippen molar-refractivity contribution < 1.29 is 4.79 Å². The third-order valence-corrected chi connectivity index (χ3v) is 2.31. The molecule has 0 aromatic heterocycles. The lowest BCUT2D eigenvalue weighted by Gasteiger charge is -2.06. The Morgan fingerprint density at radius 3 is 2.38 bits per heavy atom. The number of nitrogens with two attached hydrogens (primary N) is 1. The first kappa shape index (κ1) is 10.1. The molecule has 1 aromatic carbocycles. The molecule has 0 saturated heterocycles. The normalized spacial score (nSPS) is 12.5. The number of carbonyl (C=O) groups excluding carboxylic acids is 1. The van der Waals surface area contributed by atoms with E-state index >= 15 is 0 Å². The van der Waals surface area contributed by atoms with Gasteiger partial charge in [-0.05, 0) is 11.1 Å². The molecule has 1 rings (SSSR count). The molecule has 0 fully saturated rings. The molecular formula is C9H11N2OS. The Bertz CT molecular complexity index is 297. The minimum Gasteiger partial charge on any atom is -0.326 e. The van der Waals surface area contributed by atoms with Gasteiger partial charge in [-0.2, -0.15) is 12.6 Å². The van der Waals surface area contributed by atoms with Gasteiger partial charge in [0.15, 0.2) is 0 Å². The molecule has 3 nitrogen and oxygen atoms in total. The van der Waals surface area contributed by atoms with Gasteiger partial charge in [0.2, 0.25) is 0 Å². The summed E-state index contributed by atoms with van der Waals surface area (Å²) in [7, 11) is 0. The number of benzene rings is 1. The summed E-state index contributed by atoms with van der Waals surface area (Å²) < 4.78 is 0. The highest BCUT2D eigenvalue weighted by molar-refractivity contribution is 7.81. The predicted octanol–water partition coefficient (Wildman–Crippen LogP) is 0.926. The van der Waals surface area contributed by atoms with Crippen LogP contribution in [0.3, 0.4) is 0 Å². The van der Waals surface area contributed by atoms with Crippen LogP contribution in [-0.2, 0) is 11.3 Å². The van der Waals surface area contributed by atoms with E-state index in [1.165, 1.54) is 0 Å². The first-order valence-corrected chi connectivity index (χ1v) is 4.39. The van der Waals surface area contributed by atoms with Crippen molar-refractivity contribution in [3.63, 3.8) is 0 Å². The van der Waals surface area contributed by atoms with Crippen LogP contribution in [0.1, 0.15) is 16.4 Å². The summed E-state index contributed by atoms with van der Waals surface area (Å²) in [5, 5.41) is -0.646. The van der Waals surface area contributed by atoms with E-state index in [1.54, 1.807) is 12.1 Å². The van der Waals surface area contributed by atoms with Crippen molar-refractivity contribution in [2.24, 2.45) is 5.73 Å². The van der Waals surface area contributed by atoms with Crippen LogP contribution >= 0.6 is 12.6 Å². The minimum atomic E-state index is -0.691. The van der Waals surface area contributed by atoms with Gasteiger partial charge in [-0.15, -0.1) is 0 Å². The quantitative estimate of drug-likeness (QED) is 0.704. The Labute approximate surface area is 82.5 Å². The van der Waals surface area contributed by atoms with Crippen LogP contribution in [0, 0.1) is 0 Å². The maximum Gasteiger partial charge on any atom is 0.255 e. The molecule has 4 heteroatoms. The molecule has 1 atom stereocenters. The predicted molar refractivity (Wildman–Crippen MR) is 54.2 cm³/mol. The lowest BCUT2D eigenvalue weighted by atomic mass is 10.1. The topological polar surface area (TPSA) is 66.9 Å². The molecule has 0 aliphatic heterocycles. The summed E-state index contributed by atoms with van der Waals surface area (Å²) in [4.78, 5) is 10.7. The molecule has 0 bridgehead atoms. The molecule has 13 heavy (non-hydrogen) atoms. The highest BCUT2D eigenvalue weighted by Crippen LogP contribution is 2.19. The first-order chi connectivity index (χ1) is 6.15. The molecule has 0 aliphatic carbocycles. The summed E-state index contributed by atoms with van der Waals surface area (Å²) in [6.07, 6.45) is 0. The number of rotatable bonds is 3. The van der Waals surface area contributed by atoms with Gasteiger partial charge < -0.3 is 5.73 Å². The maximum atomic E-state index is 10.7. The highest BCUT2D eigenvalue weighted by Gasteiger charge is 2.12. The first-order valence-electron chi connectivity index (χ1n) is 3.87. The van der Waals surface area contributed by atoms with Gasteiger partial charge in [-0.25, -0.2) is 0 Å². The van der Waals surface area contributed by atoms with Crippen molar-refractivity contribution in [2.45, 2.75) is 11.8 Å². The van der Waals surface area contributed by atoms with Crippen molar-refractivity contribution in [1.82, 2.24) is 5.73 Å². The molecule has 0 heterocycles. The molecule has 1 unspecified atom stereocenters. The van der Waals surface area contributed by atoms with Crippen LogP contribution in [0.25, 0.3) is 0 Å². The van der Waals surface area contributed by atoms with E-state index in [-0.39, 0.29) is 0 Å². The van der Waals surface area contributed by atoms with Crippen molar-refractivity contribution in [3.05, 3.63) is 35.4 Å². The van der Waals surface area contributed by atoms with Crippen LogP contribution < -0.4 is 11.5 Å². The molecule has 1 radical (unpaired) electrons. The van der Waals surface area contributed by atoms with E-state index < -0.39 is 11.2 Å². The van der Waals surface area contributed by atoms with Crippen LogP contribution in [0.15, 0.2) is 24.3 Å². The summed E-state index contributed by atoms with van der Waals surface area (Å²) in [6, 6.07) is 7.21. The Morgan fingerprint density at radius 1 is 1.46 bits per heavy atom. The van der Waals surface area contributed by atoms with E-state index in [1.807, 2.05) is 12.1 Å². The van der Waals surface area contributed by atoms with Gasteiger partial charge in [-0.3, -0.25) is 10.5 Å². The molecular weight excluding hydrogens is 184 g/mol. The summed E-state index contributed by atoms with van der Waals surface area (Å²) in [6.45, 7) is 0.479. The molecule has 0 aliphatic rings. The van der Waals surface area contributed by atoms with E-state index in [0.717, 1.165) is 11.1 Å². The average Bonchev–Trinajstić information content (AvgIpc) is 2.17. The standard InChI is InChI=1S/C9H11N2OS/c10-5-6-1-3-7(4-2-6)8(13)9(11)12/h1-4,8,11,13H,5,10H2. The fourth-order valence-electron chi connectivity index (χ4n) is 0.987. The van der Waals surface area contributed by atoms with Crippen LogP contribution in [0.5, 0.6) is 0 Å². The fraction of sp³-hybridized carbons (Fsp3) is 0.222. The highest BCUT2D eigenvalue weighted by atomic mass is 32.1. The SMILES string of the molecule is [NH]C(=O)C(S)c1ccc(CN)cc1. The number of carbonyl (C=O) groups is 1. The van der Waals surface area contributed by atoms with Crippen molar-refractivity contribution >= 4 is 18.5 Å². The van der Waals surface area contributed by atoms with Crippen LogP contribution in [-0.4, -0.2) is 5.91 Å². The maximum absolute atomic E-state index is 10.7. The van der Waals surface area contributed by atoms with Crippen molar-refractivity contribution in [1.29, 1.82) is 0 Å². The van der Waals surface area contributed by atoms with Crippen molar-refractivity contribution in [3.8, 4) is 0 Å². The number of hydrogen-bond donors (Lipinski definition) is 2. The minimum absolute atomic E-state index is 0.479. The zero-order chi connectivity index (χ0) is 9.84. The zero-order valence-electron chi connectivity index (χ0n) is 7.03.